The Bertz CT molecular complexity index is 630. The lowest BCUT2D eigenvalue weighted by Crippen LogP contribution is -2.39. The van der Waals surface area contributed by atoms with Gasteiger partial charge in [0.15, 0.2) is 0 Å². The molecular formula is C18H21BrN2O. The van der Waals surface area contributed by atoms with Crippen molar-refractivity contribution in [2.45, 2.75) is 25.9 Å². The summed E-state index contributed by atoms with van der Waals surface area (Å²) in [5.74, 6) is 0. The van der Waals surface area contributed by atoms with E-state index in [2.05, 4.69) is 21.2 Å². The molecule has 22 heavy (non-hydrogen) atoms. The largest absolute Gasteiger partial charge is 0.331 e. The van der Waals surface area contributed by atoms with Crippen molar-refractivity contribution in [3.05, 3.63) is 70.2 Å². The Hall–Kier alpha value is -1.81. The van der Waals surface area contributed by atoms with Crippen molar-refractivity contribution in [1.29, 1.82) is 0 Å². The maximum absolute atomic E-state index is 12.4. The van der Waals surface area contributed by atoms with Gasteiger partial charge in [0.1, 0.15) is 0 Å². The lowest BCUT2D eigenvalue weighted by atomic mass is 10.1. The molecule has 0 heterocycles. The maximum Gasteiger partial charge on any atom is 0.318 e. The van der Waals surface area contributed by atoms with Crippen molar-refractivity contribution >= 4 is 22.0 Å². The Labute approximate surface area is 140 Å². The number of nitrogens with zero attached hydrogens (tertiary/aromatic N) is 1. The Balaban J connectivity index is 2.02. The molecular weight excluding hydrogens is 340 g/mol. The zero-order chi connectivity index (χ0) is 16.1. The van der Waals surface area contributed by atoms with Gasteiger partial charge in [-0.15, -0.1) is 0 Å². The van der Waals surface area contributed by atoms with Gasteiger partial charge in [-0.1, -0.05) is 58.4 Å². The SMILES string of the molecule is C[C@H](NC(=O)N(C)[C@H](C)c1ccccc1)c1cccc(Br)c1. The fraction of sp³-hybridized carbons (Fsp3) is 0.278. The average Bonchev–Trinajstić information content (AvgIpc) is 2.54. The molecule has 4 heteroatoms. The number of urea groups is 1. The molecule has 0 aromatic heterocycles. The van der Waals surface area contributed by atoms with Crippen molar-refractivity contribution in [1.82, 2.24) is 10.2 Å². The molecule has 116 valence electrons. The highest BCUT2D eigenvalue weighted by Gasteiger charge is 2.19. The highest BCUT2D eigenvalue weighted by Crippen LogP contribution is 2.21. The van der Waals surface area contributed by atoms with Crippen molar-refractivity contribution in [3.63, 3.8) is 0 Å². The van der Waals surface area contributed by atoms with E-state index in [0.29, 0.717) is 0 Å². The molecule has 2 atom stereocenters. The molecule has 2 amide bonds. The van der Waals surface area contributed by atoms with E-state index in [1.54, 1.807) is 4.90 Å². The molecule has 0 saturated heterocycles. The van der Waals surface area contributed by atoms with E-state index in [1.165, 1.54) is 0 Å². The predicted molar refractivity (Wildman–Crippen MR) is 93.7 cm³/mol. The van der Waals surface area contributed by atoms with Crippen LogP contribution in [0, 0.1) is 0 Å². The van der Waals surface area contributed by atoms with Crippen LogP contribution >= 0.6 is 15.9 Å². The second kappa shape index (κ2) is 7.45. The second-order valence-corrected chi connectivity index (χ2v) is 6.34. The third kappa shape index (κ3) is 4.10. The van der Waals surface area contributed by atoms with Gasteiger partial charge < -0.3 is 10.2 Å². The Morgan fingerprint density at radius 3 is 2.32 bits per heavy atom. The molecule has 0 aliphatic rings. The molecule has 1 N–H and O–H groups in total. The topological polar surface area (TPSA) is 32.3 Å². The minimum Gasteiger partial charge on any atom is -0.331 e. The van der Waals surface area contributed by atoms with Crippen molar-refractivity contribution in [3.8, 4) is 0 Å². The first-order valence-electron chi connectivity index (χ1n) is 7.32. The fourth-order valence-corrected chi connectivity index (χ4v) is 2.69. The fourth-order valence-electron chi connectivity index (χ4n) is 2.28. The van der Waals surface area contributed by atoms with Gasteiger partial charge >= 0.3 is 6.03 Å². The van der Waals surface area contributed by atoms with Crippen LogP contribution in [0.25, 0.3) is 0 Å². The quantitative estimate of drug-likeness (QED) is 0.824. The molecule has 0 fully saturated rings. The number of rotatable bonds is 4. The van der Waals surface area contributed by atoms with Crippen LogP contribution in [-0.4, -0.2) is 18.0 Å². The lowest BCUT2D eigenvalue weighted by molar-refractivity contribution is 0.191. The zero-order valence-corrected chi connectivity index (χ0v) is 14.7. The van der Waals surface area contributed by atoms with E-state index in [4.69, 9.17) is 0 Å². The minimum atomic E-state index is -0.0798. The molecule has 2 aromatic rings. The highest BCUT2D eigenvalue weighted by molar-refractivity contribution is 9.10. The third-order valence-corrected chi connectivity index (χ3v) is 4.37. The number of benzene rings is 2. The van der Waals surface area contributed by atoms with Crippen molar-refractivity contribution in [2.24, 2.45) is 0 Å². The zero-order valence-electron chi connectivity index (χ0n) is 13.1. The highest BCUT2D eigenvalue weighted by atomic mass is 79.9. The van der Waals surface area contributed by atoms with Crippen LogP contribution in [0.5, 0.6) is 0 Å². The first-order chi connectivity index (χ1) is 10.5. The van der Waals surface area contributed by atoms with Crippen LogP contribution in [0.15, 0.2) is 59.1 Å². The summed E-state index contributed by atoms with van der Waals surface area (Å²) in [6, 6.07) is 17.9. The van der Waals surface area contributed by atoms with E-state index in [0.717, 1.165) is 15.6 Å². The summed E-state index contributed by atoms with van der Waals surface area (Å²) in [4.78, 5) is 14.2. The summed E-state index contributed by atoms with van der Waals surface area (Å²) in [7, 11) is 1.82. The van der Waals surface area contributed by atoms with Crippen molar-refractivity contribution < 1.29 is 4.79 Å². The Morgan fingerprint density at radius 2 is 1.68 bits per heavy atom. The summed E-state index contributed by atoms with van der Waals surface area (Å²) in [5, 5.41) is 3.04. The van der Waals surface area contributed by atoms with Gasteiger partial charge in [-0.05, 0) is 37.1 Å². The summed E-state index contributed by atoms with van der Waals surface area (Å²) in [6.45, 7) is 4.01. The first-order valence-corrected chi connectivity index (χ1v) is 8.12. The molecule has 0 radical (unpaired) electrons. The lowest BCUT2D eigenvalue weighted by Gasteiger charge is -2.27. The number of carbonyl (C=O) groups excluding carboxylic acids is 1. The molecule has 3 nitrogen and oxygen atoms in total. The molecule has 0 spiro atoms. The number of carbonyl (C=O) groups is 1. The predicted octanol–water partition coefficient (Wildman–Crippen LogP) is 4.91. The van der Waals surface area contributed by atoms with E-state index in [1.807, 2.05) is 75.5 Å². The number of nitrogens with one attached hydrogen (secondary N) is 1. The van der Waals surface area contributed by atoms with Crippen LogP contribution in [-0.2, 0) is 0 Å². The average molecular weight is 361 g/mol. The van der Waals surface area contributed by atoms with E-state index in [-0.39, 0.29) is 18.1 Å². The maximum atomic E-state index is 12.4. The minimum absolute atomic E-state index is 0.0240. The number of hydrogen-bond acceptors (Lipinski definition) is 1. The summed E-state index contributed by atoms with van der Waals surface area (Å²) in [6.07, 6.45) is 0. The van der Waals surface area contributed by atoms with E-state index >= 15 is 0 Å². The molecule has 0 bridgehead atoms. The first kappa shape index (κ1) is 16.6. The van der Waals surface area contributed by atoms with Crippen molar-refractivity contribution in [2.75, 3.05) is 7.05 Å². The standard InChI is InChI=1S/C18H21BrN2O/c1-13(16-10-7-11-17(19)12-16)20-18(22)21(3)14(2)15-8-5-4-6-9-15/h4-14H,1-3H3,(H,20,22)/t13-,14+/m0/s1. The smallest absolute Gasteiger partial charge is 0.318 e. The van der Waals surface area contributed by atoms with Gasteiger partial charge in [0.05, 0.1) is 12.1 Å². The van der Waals surface area contributed by atoms with Gasteiger partial charge in [-0.3, -0.25) is 0 Å². The van der Waals surface area contributed by atoms with Gasteiger partial charge in [0.2, 0.25) is 0 Å². The van der Waals surface area contributed by atoms with Crippen LogP contribution in [0.1, 0.15) is 37.1 Å². The van der Waals surface area contributed by atoms with Gasteiger partial charge in [-0.25, -0.2) is 4.79 Å². The van der Waals surface area contributed by atoms with Gasteiger partial charge in [0.25, 0.3) is 0 Å². The summed E-state index contributed by atoms with van der Waals surface area (Å²) >= 11 is 3.46. The summed E-state index contributed by atoms with van der Waals surface area (Å²) in [5.41, 5.74) is 2.19. The van der Waals surface area contributed by atoms with Gasteiger partial charge in [0, 0.05) is 11.5 Å². The Morgan fingerprint density at radius 1 is 1.05 bits per heavy atom. The molecule has 0 saturated carbocycles. The van der Waals surface area contributed by atoms with Gasteiger partial charge in [-0.2, -0.15) is 0 Å². The molecule has 0 aliphatic carbocycles. The molecule has 0 aliphatic heterocycles. The Kier molecular flexibility index (Phi) is 5.61. The van der Waals surface area contributed by atoms with E-state index < -0.39 is 0 Å². The summed E-state index contributed by atoms with van der Waals surface area (Å²) < 4.78 is 1.01. The molecule has 2 aromatic carbocycles. The van der Waals surface area contributed by atoms with E-state index in [9.17, 15) is 4.79 Å². The monoisotopic (exact) mass is 360 g/mol. The van der Waals surface area contributed by atoms with Crippen LogP contribution in [0.3, 0.4) is 0 Å². The normalized spacial score (nSPS) is 13.3. The number of amides is 2. The third-order valence-electron chi connectivity index (χ3n) is 3.87. The van der Waals surface area contributed by atoms with Crippen LogP contribution < -0.4 is 5.32 Å². The van der Waals surface area contributed by atoms with Crippen LogP contribution in [0.2, 0.25) is 0 Å². The second-order valence-electron chi connectivity index (χ2n) is 5.42. The number of hydrogen-bond donors (Lipinski definition) is 1. The van der Waals surface area contributed by atoms with Crippen LogP contribution in [0.4, 0.5) is 4.79 Å². The molecule has 2 rings (SSSR count). The number of halogens is 1. The molecule has 0 unspecified atom stereocenters.